The van der Waals surface area contributed by atoms with Gasteiger partial charge >= 0.3 is 0 Å². The molecule has 5 nitrogen and oxygen atoms in total. The van der Waals surface area contributed by atoms with Crippen LogP contribution in [0.1, 0.15) is 29.5 Å². The Balaban J connectivity index is 0.000000197. The van der Waals surface area contributed by atoms with Crippen LogP contribution in [0.2, 0.25) is 0 Å². The molecule has 0 amide bonds. The first-order chi connectivity index (χ1) is 13.1. The van der Waals surface area contributed by atoms with Gasteiger partial charge in [0.2, 0.25) is 0 Å². The largest absolute Gasteiger partial charge is 0.508 e. The van der Waals surface area contributed by atoms with Gasteiger partial charge in [-0.3, -0.25) is 0 Å². The third-order valence-electron chi connectivity index (χ3n) is 5.24. The van der Waals surface area contributed by atoms with E-state index in [1.54, 1.807) is 24.3 Å². The Morgan fingerprint density at radius 3 is 2.11 bits per heavy atom. The summed E-state index contributed by atoms with van der Waals surface area (Å²) in [5, 5.41) is 26.1. The number of rotatable bonds is 4. The topological polar surface area (TPSA) is 80.0 Å². The number of aromatic hydroxyl groups is 1. The van der Waals surface area contributed by atoms with E-state index in [0.717, 1.165) is 43.8 Å². The van der Waals surface area contributed by atoms with Gasteiger partial charge in [-0.05, 0) is 54.7 Å². The van der Waals surface area contributed by atoms with Crippen molar-refractivity contribution >= 4 is 0 Å². The molecule has 0 bridgehead atoms. The van der Waals surface area contributed by atoms with Crippen molar-refractivity contribution < 1.29 is 14.9 Å². The Hall–Kier alpha value is -2.39. The molecule has 0 aliphatic carbocycles. The van der Waals surface area contributed by atoms with Crippen molar-refractivity contribution in [2.24, 2.45) is 0 Å². The summed E-state index contributed by atoms with van der Waals surface area (Å²) < 4.78 is 5.52. The highest BCUT2D eigenvalue weighted by Gasteiger charge is 2.46. The van der Waals surface area contributed by atoms with E-state index in [-0.39, 0.29) is 18.0 Å². The van der Waals surface area contributed by atoms with Crippen molar-refractivity contribution in [3.05, 3.63) is 65.2 Å². The van der Waals surface area contributed by atoms with E-state index in [9.17, 15) is 0 Å². The van der Waals surface area contributed by atoms with Crippen LogP contribution in [0.5, 0.6) is 5.75 Å². The maximum atomic E-state index is 8.77. The molecular formula is C22H26N2O3. The van der Waals surface area contributed by atoms with E-state index >= 15 is 0 Å². The molecule has 0 saturated carbocycles. The van der Waals surface area contributed by atoms with Crippen LogP contribution in [0, 0.1) is 11.3 Å². The van der Waals surface area contributed by atoms with E-state index in [4.69, 9.17) is 20.2 Å². The summed E-state index contributed by atoms with van der Waals surface area (Å²) in [7, 11) is 0. The van der Waals surface area contributed by atoms with Gasteiger partial charge in [-0.1, -0.05) is 24.3 Å². The Labute approximate surface area is 160 Å². The first kappa shape index (κ1) is 19.4. The molecule has 2 aromatic carbocycles. The highest BCUT2D eigenvalue weighted by Crippen LogP contribution is 2.37. The monoisotopic (exact) mass is 366 g/mol. The molecule has 2 aliphatic heterocycles. The van der Waals surface area contributed by atoms with Gasteiger partial charge in [-0.25, -0.2) is 0 Å². The first-order valence-corrected chi connectivity index (χ1v) is 9.37. The second-order valence-electron chi connectivity index (χ2n) is 7.20. The third kappa shape index (κ3) is 5.80. The molecule has 142 valence electrons. The van der Waals surface area contributed by atoms with Gasteiger partial charge < -0.3 is 19.8 Å². The highest BCUT2D eigenvalue weighted by molar-refractivity contribution is 5.31. The predicted octanol–water partition coefficient (Wildman–Crippen LogP) is 2.85. The average molecular weight is 366 g/mol. The molecule has 2 aliphatic rings. The number of piperidine rings is 1. The summed E-state index contributed by atoms with van der Waals surface area (Å²) in [6.07, 6.45) is 3.46. The van der Waals surface area contributed by atoms with Gasteiger partial charge in [-0.2, -0.15) is 5.26 Å². The SMILES string of the molecule is N#Cc1ccc(CCN2CCC3(CC2)CO3)cc1.OCc1ccc(O)cc1. The molecular weight excluding hydrogens is 340 g/mol. The predicted molar refractivity (Wildman–Crippen MR) is 103 cm³/mol. The van der Waals surface area contributed by atoms with E-state index in [0.29, 0.717) is 0 Å². The molecule has 2 heterocycles. The van der Waals surface area contributed by atoms with Crippen LogP contribution in [0.4, 0.5) is 0 Å². The van der Waals surface area contributed by atoms with Crippen molar-refractivity contribution in [1.82, 2.24) is 4.90 Å². The molecule has 4 rings (SSSR count). The van der Waals surface area contributed by atoms with E-state index < -0.39 is 0 Å². The van der Waals surface area contributed by atoms with Gasteiger partial charge in [-0.15, -0.1) is 0 Å². The fourth-order valence-electron chi connectivity index (χ4n) is 3.21. The van der Waals surface area contributed by atoms with Crippen molar-refractivity contribution in [3.8, 4) is 11.8 Å². The van der Waals surface area contributed by atoms with E-state index in [1.807, 2.05) is 12.1 Å². The molecule has 27 heavy (non-hydrogen) atoms. The quantitative estimate of drug-likeness (QED) is 0.814. The molecule has 0 radical (unpaired) electrons. The highest BCUT2D eigenvalue weighted by atomic mass is 16.6. The number of phenolic OH excluding ortho intramolecular Hbond substituents is 1. The fourth-order valence-corrected chi connectivity index (χ4v) is 3.21. The molecule has 5 heteroatoms. The molecule has 0 unspecified atom stereocenters. The summed E-state index contributed by atoms with van der Waals surface area (Å²) >= 11 is 0. The molecule has 2 saturated heterocycles. The first-order valence-electron chi connectivity index (χ1n) is 9.37. The number of aliphatic hydroxyl groups excluding tert-OH is 1. The van der Waals surface area contributed by atoms with Crippen LogP contribution < -0.4 is 0 Å². The number of nitrogens with zero attached hydrogens (tertiary/aromatic N) is 2. The summed E-state index contributed by atoms with van der Waals surface area (Å²) in [5.74, 6) is 0.229. The van der Waals surface area contributed by atoms with Crippen LogP contribution in [0.15, 0.2) is 48.5 Å². The Bertz CT molecular complexity index is 752. The minimum absolute atomic E-state index is 0.0281. The lowest BCUT2D eigenvalue weighted by molar-refractivity contribution is 0.148. The molecule has 1 spiro atoms. The standard InChI is InChI=1S/C15H18N2O.C7H8O2/c16-11-14-3-1-13(2-4-14)5-8-17-9-6-15(7-10-17)12-18-15;8-5-6-1-3-7(9)4-2-6/h1-4H,5-10,12H2;1-4,8-9H,5H2. The second-order valence-corrected chi connectivity index (χ2v) is 7.20. The van der Waals surface area contributed by atoms with Crippen molar-refractivity contribution in [2.45, 2.75) is 31.5 Å². The summed E-state index contributed by atoms with van der Waals surface area (Å²) in [6.45, 7) is 4.45. The zero-order valence-corrected chi connectivity index (χ0v) is 15.5. The number of ether oxygens (including phenoxy) is 1. The van der Waals surface area contributed by atoms with Crippen LogP contribution in [-0.2, 0) is 17.8 Å². The maximum absolute atomic E-state index is 8.77. The van der Waals surface area contributed by atoms with E-state index in [1.165, 1.54) is 18.4 Å². The van der Waals surface area contributed by atoms with Crippen LogP contribution in [0.3, 0.4) is 0 Å². The molecule has 2 fully saturated rings. The van der Waals surface area contributed by atoms with Gasteiger partial charge in [0.05, 0.1) is 30.4 Å². The zero-order chi connectivity index (χ0) is 19.1. The number of nitriles is 1. The van der Waals surface area contributed by atoms with Crippen LogP contribution in [0.25, 0.3) is 0 Å². The molecule has 0 aromatic heterocycles. The number of hydrogen-bond donors (Lipinski definition) is 2. The van der Waals surface area contributed by atoms with Gasteiger partial charge in [0.15, 0.2) is 0 Å². The lowest BCUT2D eigenvalue weighted by Crippen LogP contribution is -2.38. The second kappa shape index (κ2) is 9.01. The minimum atomic E-state index is 0.0281. The smallest absolute Gasteiger partial charge is 0.115 e. The number of hydrogen-bond acceptors (Lipinski definition) is 5. The lowest BCUT2D eigenvalue weighted by atomic mass is 9.97. The van der Waals surface area contributed by atoms with Gasteiger partial charge in [0.25, 0.3) is 0 Å². The Kier molecular flexibility index (Phi) is 6.46. The van der Waals surface area contributed by atoms with Crippen LogP contribution in [-0.4, -0.2) is 47.0 Å². The number of likely N-dealkylation sites (tertiary alicyclic amines) is 1. The van der Waals surface area contributed by atoms with Crippen LogP contribution >= 0.6 is 0 Å². The van der Waals surface area contributed by atoms with Gasteiger partial charge in [0, 0.05) is 19.6 Å². The third-order valence-corrected chi connectivity index (χ3v) is 5.24. The number of epoxide rings is 1. The lowest BCUT2D eigenvalue weighted by Gasteiger charge is -2.30. The fraction of sp³-hybridized carbons (Fsp3) is 0.409. The normalized spacial score (nSPS) is 17.6. The molecule has 2 aromatic rings. The molecule has 2 N–H and O–H groups in total. The summed E-state index contributed by atoms with van der Waals surface area (Å²) in [4.78, 5) is 2.52. The van der Waals surface area contributed by atoms with E-state index in [2.05, 4.69) is 23.1 Å². The maximum Gasteiger partial charge on any atom is 0.115 e. The van der Waals surface area contributed by atoms with Gasteiger partial charge in [0.1, 0.15) is 5.75 Å². The summed E-state index contributed by atoms with van der Waals surface area (Å²) in [5.41, 5.74) is 3.15. The zero-order valence-electron chi connectivity index (χ0n) is 15.5. The molecule has 0 atom stereocenters. The Morgan fingerprint density at radius 1 is 1.00 bits per heavy atom. The van der Waals surface area contributed by atoms with Crippen molar-refractivity contribution in [1.29, 1.82) is 5.26 Å². The average Bonchev–Trinajstić information content (AvgIpc) is 3.48. The van der Waals surface area contributed by atoms with Crippen molar-refractivity contribution in [3.63, 3.8) is 0 Å². The number of phenols is 1. The van der Waals surface area contributed by atoms with Crippen molar-refractivity contribution in [2.75, 3.05) is 26.2 Å². The number of benzene rings is 2. The summed E-state index contributed by atoms with van der Waals surface area (Å²) in [6, 6.07) is 16.5. The number of aliphatic hydroxyl groups is 1. The minimum Gasteiger partial charge on any atom is -0.508 e. The Morgan fingerprint density at radius 2 is 1.59 bits per heavy atom.